The topological polar surface area (TPSA) is 87.5 Å². The van der Waals surface area contributed by atoms with Gasteiger partial charge in [-0.05, 0) is 25.0 Å². The van der Waals surface area contributed by atoms with Crippen molar-refractivity contribution < 1.29 is 14.4 Å². The quantitative estimate of drug-likeness (QED) is 0.854. The van der Waals surface area contributed by atoms with Gasteiger partial charge in [-0.2, -0.15) is 5.10 Å². The first-order chi connectivity index (χ1) is 12.5. The normalized spacial score (nSPS) is 18.1. The van der Waals surface area contributed by atoms with E-state index in [0.717, 1.165) is 10.4 Å². The highest BCUT2D eigenvalue weighted by Gasteiger charge is 2.34. The Morgan fingerprint density at radius 1 is 1.35 bits per heavy atom. The minimum Gasteiger partial charge on any atom is -0.335 e. The van der Waals surface area contributed by atoms with Crippen LogP contribution in [0.25, 0.3) is 0 Å². The van der Waals surface area contributed by atoms with Gasteiger partial charge in [-0.25, -0.2) is 0 Å². The zero-order valence-corrected chi connectivity index (χ0v) is 15.4. The van der Waals surface area contributed by atoms with Gasteiger partial charge in [-0.3, -0.25) is 19.1 Å². The predicted molar refractivity (Wildman–Crippen MR) is 96.0 cm³/mol. The van der Waals surface area contributed by atoms with Crippen LogP contribution in [0.3, 0.4) is 0 Å². The fraction of sp³-hybridized carbons (Fsp3) is 0.412. The van der Waals surface area contributed by atoms with Crippen molar-refractivity contribution in [2.24, 2.45) is 0 Å². The number of carbonyl (C=O) groups is 3. The van der Waals surface area contributed by atoms with Crippen LogP contribution in [0.2, 0.25) is 0 Å². The Hall–Kier alpha value is -2.68. The number of nitrogens with zero attached hydrogens (tertiary/aromatic N) is 4. The third-order valence-electron chi connectivity index (χ3n) is 4.84. The zero-order valence-electron chi connectivity index (χ0n) is 14.6. The van der Waals surface area contributed by atoms with Gasteiger partial charge in [0.2, 0.25) is 11.8 Å². The molecule has 2 aliphatic heterocycles. The molecule has 4 rings (SSSR count). The molecular weight excluding hydrogens is 354 g/mol. The van der Waals surface area contributed by atoms with Crippen LogP contribution in [0.15, 0.2) is 18.5 Å². The average Bonchev–Trinajstić information content (AvgIpc) is 3.24. The average molecular weight is 373 g/mol. The number of carbonyl (C=O) groups excluding carboxylic acids is 3. The van der Waals surface area contributed by atoms with E-state index < -0.39 is 0 Å². The van der Waals surface area contributed by atoms with Crippen LogP contribution in [-0.4, -0.2) is 57.4 Å². The first-order valence-corrected chi connectivity index (χ1v) is 9.25. The molecule has 2 aliphatic rings. The molecule has 1 atom stereocenters. The van der Waals surface area contributed by atoms with Gasteiger partial charge in [0, 0.05) is 30.9 Å². The molecule has 0 bridgehead atoms. The van der Waals surface area contributed by atoms with Gasteiger partial charge < -0.3 is 15.1 Å². The fourth-order valence-corrected chi connectivity index (χ4v) is 4.71. The summed E-state index contributed by atoms with van der Waals surface area (Å²) < 4.78 is 1.64. The Morgan fingerprint density at radius 2 is 2.15 bits per heavy atom. The third kappa shape index (κ3) is 2.68. The standard InChI is InChI=1S/C17H19N5O3S/c1-10(22-6-3-5-18-22)16(24)21-7-4-11-12(8-21)26-15-14(11)17(25)20(2)9-13(23)19-15/h3,5-6,10H,4,7-9H2,1-2H3,(H,19,23). The molecule has 1 unspecified atom stereocenters. The van der Waals surface area contributed by atoms with Gasteiger partial charge in [0.15, 0.2) is 0 Å². The molecule has 26 heavy (non-hydrogen) atoms. The molecule has 1 N–H and O–H groups in total. The highest BCUT2D eigenvalue weighted by Crippen LogP contribution is 2.39. The minimum atomic E-state index is -0.378. The molecular formula is C17H19N5O3S. The van der Waals surface area contributed by atoms with Crippen molar-refractivity contribution in [2.45, 2.75) is 25.9 Å². The van der Waals surface area contributed by atoms with Crippen LogP contribution >= 0.6 is 11.3 Å². The van der Waals surface area contributed by atoms with E-state index in [1.807, 2.05) is 6.92 Å². The van der Waals surface area contributed by atoms with Gasteiger partial charge >= 0.3 is 0 Å². The van der Waals surface area contributed by atoms with Gasteiger partial charge in [0.1, 0.15) is 11.0 Å². The van der Waals surface area contributed by atoms with Gasteiger partial charge in [-0.1, -0.05) is 0 Å². The lowest BCUT2D eigenvalue weighted by molar-refractivity contribution is -0.135. The van der Waals surface area contributed by atoms with E-state index in [4.69, 9.17) is 0 Å². The maximum atomic E-state index is 12.8. The number of hydrogen-bond acceptors (Lipinski definition) is 5. The maximum Gasteiger partial charge on any atom is 0.257 e. The summed E-state index contributed by atoms with van der Waals surface area (Å²) in [5, 5.41) is 7.57. The maximum absolute atomic E-state index is 12.8. The molecule has 8 nitrogen and oxygen atoms in total. The van der Waals surface area contributed by atoms with E-state index >= 15 is 0 Å². The summed E-state index contributed by atoms with van der Waals surface area (Å²) in [7, 11) is 1.63. The van der Waals surface area contributed by atoms with Crippen molar-refractivity contribution in [3.63, 3.8) is 0 Å². The molecule has 136 valence electrons. The summed E-state index contributed by atoms with van der Waals surface area (Å²) in [5.41, 5.74) is 1.55. The molecule has 0 aromatic carbocycles. The van der Waals surface area contributed by atoms with Crippen LogP contribution in [-0.2, 0) is 22.6 Å². The van der Waals surface area contributed by atoms with E-state index in [-0.39, 0.29) is 30.3 Å². The summed E-state index contributed by atoms with van der Waals surface area (Å²) in [4.78, 5) is 41.6. The number of likely N-dealkylation sites (N-methyl/N-ethyl adjacent to an activating group) is 1. The second-order valence-electron chi connectivity index (χ2n) is 6.59. The SMILES string of the molecule is CC(C(=O)N1CCc2c(sc3c2C(=O)N(C)CC(=O)N3)C1)n1cccn1. The summed E-state index contributed by atoms with van der Waals surface area (Å²) in [5.74, 6) is -0.339. The first-order valence-electron chi connectivity index (χ1n) is 8.43. The lowest BCUT2D eigenvalue weighted by Gasteiger charge is -2.29. The molecule has 0 fully saturated rings. The molecule has 0 radical (unpaired) electrons. The zero-order chi connectivity index (χ0) is 18.4. The van der Waals surface area contributed by atoms with E-state index in [1.54, 1.807) is 35.1 Å². The Kier molecular flexibility index (Phi) is 4.03. The smallest absolute Gasteiger partial charge is 0.257 e. The molecule has 4 heterocycles. The number of anilines is 1. The number of nitrogens with one attached hydrogen (secondary N) is 1. The van der Waals surface area contributed by atoms with Crippen LogP contribution in [0.1, 0.15) is 33.8 Å². The summed E-state index contributed by atoms with van der Waals surface area (Å²) in [6.07, 6.45) is 4.03. The number of amides is 3. The monoisotopic (exact) mass is 373 g/mol. The van der Waals surface area contributed by atoms with Crippen molar-refractivity contribution >= 4 is 34.1 Å². The molecule has 2 aromatic rings. The molecule has 0 aliphatic carbocycles. The molecule has 2 aromatic heterocycles. The molecule has 0 spiro atoms. The second-order valence-corrected chi connectivity index (χ2v) is 7.69. The summed E-state index contributed by atoms with van der Waals surface area (Å²) in [6.45, 7) is 2.88. The summed E-state index contributed by atoms with van der Waals surface area (Å²) in [6, 6.07) is 1.41. The highest BCUT2D eigenvalue weighted by atomic mass is 32.1. The van der Waals surface area contributed by atoms with Crippen LogP contribution in [0.5, 0.6) is 0 Å². The van der Waals surface area contributed by atoms with Crippen LogP contribution < -0.4 is 5.32 Å². The number of rotatable bonds is 2. The summed E-state index contributed by atoms with van der Waals surface area (Å²) >= 11 is 1.40. The second kappa shape index (κ2) is 6.24. The van der Waals surface area contributed by atoms with Crippen molar-refractivity contribution in [3.05, 3.63) is 34.5 Å². The predicted octanol–water partition coefficient (Wildman–Crippen LogP) is 1.11. The van der Waals surface area contributed by atoms with E-state index in [1.165, 1.54) is 16.2 Å². The molecule has 0 saturated heterocycles. The lowest BCUT2D eigenvalue weighted by atomic mass is 10.0. The van der Waals surface area contributed by atoms with Crippen molar-refractivity contribution in [1.29, 1.82) is 0 Å². The van der Waals surface area contributed by atoms with Crippen LogP contribution in [0, 0.1) is 0 Å². The minimum absolute atomic E-state index is 0.00424. The van der Waals surface area contributed by atoms with Gasteiger partial charge in [0.25, 0.3) is 5.91 Å². The highest BCUT2D eigenvalue weighted by molar-refractivity contribution is 7.17. The van der Waals surface area contributed by atoms with Gasteiger partial charge in [0.05, 0.1) is 18.7 Å². The Bertz CT molecular complexity index is 889. The number of hydrogen-bond donors (Lipinski definition) is 1. The molecule has 0 saturated carbocycles. The first kappa shape index (κ1) is 16.8. The van der Waals surface area contributed by atoms with Crippen molar-refractivity contribution in [1.82, 2.24) is 19.6 Å². The van der Waals surface area contributed by atoms with Gasteiger partial charge in [-0.15, -0.1) is 11.3 Å². The molecule has 9 heteroatoms. The van der Waals surface area contributed by atoms with Crippen LogP contribution in [0.4, 0.5) is 5.00 Å². The number of aromatic nitrogens is 2. The van der Waals surface area contributed by atoms with E-state index in [2.05, 4.69) is 10.4 Å². The number of thiophene rings is 1. The molecule has 3 amide bonds. The Balaban J connectivity index is 1.61. The van der Waals surface area contributed by atoms with E-state index in [9.17, 15) is 14.4 Å². The Morgan fingerprint density at radius 3 is 2.88 bits per heavy atom. The number of fused-ring (bicyclic) bond motifs is 3. The fourth-order valence-electron chi connectivity index (χ4n) is 3.44. The largest absolute Gasteiger partial charge is 0.335 e. The van der Waals surface area contributed by atoms with Crippen molar-refractivity contribution in [2.75, 3.05) is 25.5 Å². The van der Waals surface area contributed by atoms with Crippen molar-refractivity contribution in [3.8, 4) is 0 Å². The van der Waals surface area contributed by atoms with E-state index in [0.29, 0.717) is 30.1 Å². The Labute approximate surface area is 154 Å². The lowest BCUT2D eigenvalue weighted by Crippen LogP contribution is -2.40. The third-order valence-corrected chi connectivity index (χ3v) is 5.97.